The quantitative estimate of drug-likeness (QED) is 0.829. The van der Waals surface area contributed by atoms with Gasteiger partial charge in [0.05, 0.1) is 6.61 Å². The van der Waals surface area contributed by atoms with Crippen molar-refractivity contribution >= 4 is 0 Å². The molecule has 1 aromatic rings. The molecular formula is C17H29N3O. The second kappa shape index (κ2) is 8.49. The summed E-state index contributed by atoms with van der Waals surface area (Å²) in [6.07, 6.45) is 1.23. The van der Waals surface area contributed by atoms with Gasteiger partial charge in [0.1, 0.15) is 0 Å². The summed E-state index contributed by atoms with van der Waals surface area (Å²) < 4.78 is 0. The molecule has 0 aliphatic carbocycles. The molecule has 1 aliphatic heterocycles. The van der Waals surface area contributed by atoms with Gasteiger partial charge in [0.25, 0.3) is 0 Å². The van der Waals surface area contributed by atoms with Gasteiger partial charge in [0.2, 0.25) is 0 Å². The van der Waals surface area contributed by atoms with Crippen molar-refractivity contribution in [3.05, 3.63) is 35.4 Å². The monoisotopic (exact) mass is 291 g/mol. The van der Waals surface area contributed by atoms with Crippen LogP contribution < -0.4 is 5.73 Å². The van der Waals surface area contributed by atoms with Crippen molar-refractivity contribution in [1.29, 1.82) is 0 Å². The molecule has 0 amide bonds. The largest absolute Gasteiger partial charge is 0.392 e. The number of nitrogens with zero attached hydrogens (tertiary/aromatic N) is 2. The minimum Gasteiger partial charge on any atom is -0.392 e. The van der Waals surface area contributed by atoms with E-state index in [0.717, 1.165) is 44.8 Å². The summed E-state index contributed by atoms with van der Waals surface area (Å²) in [4.78, 5) is 5.08. The molecule has 1 atom stereocenters. The molecule has 0 bridgehead atoms. The summed E-state index contributed by atoms with van der Waals surface area (Å²) in [5.41, 5.74) is 8.04. The molecule has 1 saturated heterocycles. The number of nitrogens with two attached hydrogens (primary N) is 1. The molecule has 1 fully saturated rings. The maximum absolute atomic E-state index is 9.08. The number of hydrogen-bond acceptors (Lipinski definition) is 4. The molecule has 0 spiro atoms. The van der Waals surface area contributed by atoms with Crippen molar-refractivity contribution in [3.63, 3.8) is 0 Å². The van der Waals surface area contributed by atoms with Crippen molar-refractivity contribution in [2.24, 2.45) is 11.7 Å². The molecule has 0 aromatic heterocycles. The SMILES string of the molecule is CC(CN)CN1CCCN(Cc2ccc(CO)cc2)CC1. The molecule has 21 heavy (non-hydrogen) atoms. The van der Waals surface area contributed by atoms with E-state index >= 15 is 0 Å². The molecule has 4 nitrogen and oxygen atoms in total. The molecule has 118 valence electrons. The van der Waals surface area contributed by atoms with Crippen LogP contribution in [-0.4, -0.2) is 54.2 Å². The van der Waals surface area contributed by atoms with E-state index in [4.69, 9.17) is 10.8 Å². The van der Waals surface area contributed by atoms with Crippen molar-refractivity contribution in [2.75, 3.05) is 39.3 Å². The van der Waals surface area contributed by atoms with E-state index in [9.17, 15) is 0 Å². The van der Waals surface area contributed by atoms with Crippen LogP contribution in [0.2, 0.25) is 0 Å². The van der Waals surface area contributed by atoms with Crippen molar-refractivity contribution in [2.45, 2.75) is 26.5 Å². The Hall–Kier alpha value is -0.940. The lowest BCUT2D eigenvalue weighted by molar-refractivity contribution is 0.232. The predicted molar refractivity (Wildman–Crippen MR) is 86.9 cm³/mol. The van der Waals surface area contributed by atoms with Crippen molar-refractivity contribution < 1.29 is 5.11 Å². The average Bonchev–Trinajstić information content (AvgIpc) is 2.73. The highest BCUT2D eigenvalue weighted by Crippen LogP contribution is 2.11. The van der Waals surface area contributed by atoms with E-state index in [0.29, 0.717) is 5.92 Å². The first-order chi connectivity index (χ1) is 10.2. The van der Waals surface area contributed by atoms with Gasteiger partial charge in [0.15, 0.2) is 0 Å². The summed E-state index contributed by atoms with van der Waals surface area (Å²) in [5, 5.41) is 9.08. The van der Waals surface area contributed by atoms with Gasteiger partial charge >= 0.3 is 0 Å². The van der Waals surface area contributed by atoms with E-state index in [1.807, 2.05) is 12.1 Å². The smallest absolute Gasteiger partial charge is 0.0681 e. The molecule has 4 heteroatoms. The maximum Gasteiger partial charge on any atom is 0.0681 e. The van der Waals surface area contributed by atoms with E-state index in [2.05, 4.69) is 28.9 Å². The summed E-state index contributed by atoms with van der Waals surface area (Å²) in [7, 11) is 0. The van der Waals surface area contributed by atoms with Gasteiger partial charge in [-0.2, -0.15) is 0 Å². The van der Waals surface area contributed by atoms with Gasteiger partial charge in [-0.25, -0.2) is 0 Å². The second-order valence-electron chi connectivity index (χ2n) is 6.25. The summed E-state index contributed by atoms with van der Waals surface area (Å²) in [6.45, 7) is 9.86. The van der Waals surface area contributed by atoms with Gasteiger partial charge in [-0.3, -0.25) is 4.90 Å². The lowest BCUT2D eigenvalue weighted by Gasteiger charge is -2.24. The van der Waals surface area contributed by atoms with Crippen LogP contribution in [0.15, 0.2) is 24.3 Å². The molecule has 3 N–H and O–H groups in total. The molecular weight excluding hydrogens is 262 g/mol. The summed E-state index contributed by atoms with van der Waals surface area (Å²) in [5.74, 6) is 0.586. The van der Waals surface area contributed by atoms with Crippen LogP contribution in [-0.2, 0) is 13.2 Å². The molecule has 0 radical (unpaired) electrons. The fourth-order valence-corrected chi connectivity index (χ4v) is 2.89. The second-order valence-corrected chi connectivity index (χ2v) is 6.25. The van der Waals surface area contributed by atoms with Gasteiger partial charge in [0, 0.05) is 26.2 Å². The Bertz CT molecular complexity index is 407. The van der Waals surface area contributed by atoms with Crippen LogP contribution in [0, 0.1) is 5.92 Å². The molecule has 2 rings (SSSR count). The van der Waals surface area contributed by atoms with Gasteiger partial charge in [-0.1, -0.05) is 31.2 Å². The fraction of sp³-hybridized carbons (Fsp3) is 0.647. The van der Waals surface area contributed by atoms with Gasteiger partial charge < -0.3 is 15.7 Å². The number of hydrogen-bond donors (Lipinski definition) is 2. The van der Waals surface area contributed by atoms with Crippen LogP contribution >= 0.6 is 0 Å². The highest BCUT2D eigenvalue weighted by Gasteiger charge is 2.16. The molecule has 1 aliphatic rings. The molecule has 1 unspecified atom stereocenters. The minimum atomic E-state index is 0.123. The third-order valence-corrected chi connectivity index (χ3v) is 4.27. The lowest BCUT2D eigenvalue weighted by atomic mass is 10.1. The van der Waals surface area contributed by atoms with E-state index < -0.39 is 0 Å². The minimum absolute atomic E-state index is 0.123. The van der Waals surface area contributed by atoms with Crippen LogP contribution in [0.1, 0.15) is 24.5 Å². The Morgan fingerprint density at radius 1 is 1.05 bits per heavy atom. The molecule has 1 heterocycles. The standard InChI is InChI=1S/C17H29N3O/c1-15(11-18)12-19-7-2-8-20(10-9-19)13-16-3-5-17(14-21)6-4-16/h3-6,15,21H,2,7-14,18H2,1H3. The summed E-state index contributed by atoms with van der Waals surface area (Å²) in [6, 6.07) is 8.29. The molecule has 0 saturated carbocycles. The van der Waals surface area contributed by atoms with Crippen LogP contribution in [0.25, 0.3) is 0 Å². The number of aliphatic hydroxyl groups is 1. The number of aliphatic hydroxyl groups excluding tert-OH is 1. The topological polar surface area (TPSA) is 52.7 Å². The first kappa shape index (κ1) is 16.4. The van der Waals surface area contributed by atoms with E-state index in [1.165, 1.54) is 18.5 Å². The predicted octanol–water partition coefficient (Wildman–Crippen LogP) is 1.28. The Labute approximate surface area is 128 Å². The zero-order chi connectivity index (χ0) is 15.1. The van der Waals surface area contributed by atoms with Crippen LogP contribution in [0.5, 0.6) is 0 Å². The highest BCUT2D eigenvalue weighted by molar-refractivity contribution is 5.21. The number of rotatable bonds is 6. The van der Waals surface area contributed by atoms with Crippen LogP contribution in [0.4, 0.5) is 0 Å². The van der Waals surface area contributed by atoms with E-state index in [-0.39, 0.29) is 6.61 Å². The Morgan fingerprint density at radius 3 is 2.33 bits per heavy atom. The Morgan fingerprint density at radius 2 is 1.67 bits per heavy atom. The zero-order valence-electron chi connectivity index (χ0n) is 13.2. The van der Waals surface area contributed by atoms with Crippen molar-refractivity contribution in [3.8, 4) is 0 Å². The first-order valence-corrected chi connectivity index (χ1v) is 8.04. The van der Waals surface area contributed by atoms with Crippen molar-refractivity contribution in [1.82, 2.24) is 9.80 Å². The Kier molecular flexibility index (Phi) is 6.64. The van der Waals surface area contributed by atoms with Gasteiger partial charge in [-0.05, 0) is 43.1 Å². The number of benzene rings is 1. The maximum atomic E-state index is 9.08. The van der Waals surface area contributed by atoms with Gasteiger partial charge in [-0.15, -0.1) is 0 Å². The zero-order valence-corrected chi connectivity index (χ0v) is 13.2. The summed E-state index contributed by atoms with van der Waals surface area (Å²) >= 11 is 0. The Balaban J connectivity index is 1.82. The fourth-order valence-electron chi connectivity index (χ4n) is 2.89. The normalized spacial score (nSPS) is 19.4. The lowest BCUT2D eigenvalue weighted by Crippen LogP contribution is -2.35. The first-order valence-electron chi connectivity index (χ1n) is 8.04. The highest BCUT2D eigenvalue weighted by atomic mass is 16.3. The average molecular weight is 291 g/mol. The van der Waals surface area contributed by atoms with Crippen LogP contribution in [0.3, 0.4) is 0 Å². The molecule has 1 aromatic carbocycles. The third kappa shape index (κ3) is 5.40. The van der Waals surface area contributed by atoms with E-state index in [1.54, 1.807) is 0 Å². The third-order valence-electron chi connectivity index (χ3n) is 4.27.